The van der Waals surface area contributed by atoms with Crippen molar-refractivity contribution in [3.05, 3.63) is 0 Å². The molecule has 0 saturated carbocycles. The molecule has 2 heterocycles. The fraction of sp³-hybridized carbons (Fsp3) is 0.750. The van der Waals surface area contributed by atoms with Gasteiger partial charge in [-0.3, -0.25) is 0 Å². The smallest absolute Gasteiger partial charge is 0.232 e. The van der Waals surface area contributed by atoms with Gasteiger partial charge in [0.25, 0.3) is 0 Å². The number of aromatic nitrogens is 3. The van der Waals surface area contributed by atoms with Gasteiger partial charge in [0.15, 0.2) is 0 Å². The number of ether oxygens (including phenoxy) is 1. The van der Waals surface area contributed by atoms with Gasteiger partial charge in [-0.1, -0.05) is 6.92 Å². The average Bonchev–Trinajstić information content (AvgIpc) is 2.46. The highest BCUT2D eigenvalue weighted by atomic mass is 16.5. The Bertz CT molecular complexity index is 448. The molecule has 0 aromatic carbocycles. The first kappa shape index (κ1) is 14.7. The van der Waals surface area contributed by atoms with Crippen molar-refractivity contribution in [2.24, 2.45) is 0 Å². The van der Waals surface area contributed by atoms with E-state index in [-0.39, 0.29) is 5.95 Å². The number of nitrogens with two attached hydrogens (primary N) is 1. The summed E-state index contributed by atoms with van der Waals surface area (Å²) < 4.78 is 5.30. The molecule has 0 bridgehead atoms. The van der Waals surface area contributed by atoms with Gasteiger partial charge in [0, 0.05) is 19.6 Å². The summed E-state index contributed by atoms with van der Waals surface area (Å²) in [6, 6.07) is 0. The number of anilines is 3. The lowest BCUT2D eigenvalue weighted by Crippen LogP contribution is -2.38. The topological polar surface area (TPSA) is 109 Å². The summed E-state index contributed by atoms with van der Waals surface area (Å²) >= 11 is 0. The molecule has 112 valence electrons. The second kappa shape index (κ2) is 6.19. The molecule has 1 aliphatic rings. The molecule has 1 aliphatic heterocycles. The van der Waals surface area contributed by atoms with Crippen LogP contribution in [-0.2, 0) is 4.74 Å². The quantitative estimate of drug-likeness (QED) is 0.685. The zero-order valence-electron chi connectivity index (χ0n) is 12.0. The zero-order chi connectivity index (χ0) is 14.6. The first-order valence-electron chi connectivity index (χ1n) is 6.81. The van der Waals surface area contributed by atoms with E-state index < -0.39 is 5.60 Å². The van der Waals surface area contributed by atoms with Crippen LogP contribution in [-0.4, -0.2) is 58.5 Å². The fourth-order valence-corrected chi connectivity index (χ4v) is 1.76. The van der Waals surface area contributed by atoms with Gasteiger partial charge in [-0.15, -0.1) is 0 Å². The summed E-state index contributed by atoms with van der Waals surface area (Å²) in [5, 5.41) is 13.0. The Morgan fingerprint density at radius 2 is 2.05 bits per heavy atom. The van der Waals surface area contributed by atoms with Crippen molar-refractivity contribution in [2.45, 2.75) is 25.9 Å². The molecule has 1 unspecified atom stereocenters. The van der Waals surface area contributed by atoms with Crippen LogP contribution in [0.1, 0.15) is 20.3 Å². The fourth-order valence-electron chi connectivity index (χ4n) is 1.76. The molecule has 20 heavy (non-hydrogen) atoms. The van der Waals surface area contributed by atoms with Crippen LogP contribution in [0.2, 0.25) is 0 Å². The van der Waals surface area contributed by atoms with Crippen LogP contribution in [0.4, 0.5) is 17.8 Å². The standard InChI is InChI=1S/C12H22N6O2/c1-3-12(2,19)8-14-10-15-9(13)16-11(17-10)18-4-6-20-7-5-18/h19H,3-8H2,1-2H3,(H3,13,14,15,16,17). The maximum atomic E-state index is 9.98. The SMILES string of the molecule is CCC(C)(O)CNc1nc(N)nc(N2CCOCC2)n1. The molecule has 1 fully saturated rings. The summed E-state index contributed by atoms with van der Waals surface area (Å²) in [5.74, 6) is 1.09. The Labute approximate surface area is 118 Å². The van der Waals surface area contributed by atoms with Crippen LogP contribution in [0.25, 0.3) is 0 Å². The Hall–Kier alpha value is -1.67. The van der Waals surface area contributed by atoms with Crippen LogP contribution in [0.3, 0.4) is 0 Å². The first-order chi connectivity index (χ1) is 9.50. The minimum absolute atomic E-state index is 0.167. The molecular formula is C12H22N6O2. The average molecular weight is 282 g/mol. The summed E-state index contributed by atoms with van der Waals surface area (Å²) in [4.78, 5) is 14.5. The number of nitrogens with one attached hydrogen (secondary N) is 1. The second-order valence-corrected chi connectivity index (χ2v) is 5.12. The largest absolute Gasteiger partial charge is 0.388 e. The summed E-state index contributed by atoms with van der Waals surface area (Å²) in [7, 11) is 0. The van der Waals surface area contributed by atoms with Crippen molar-refractivity contribution in [3.8, 4) is 0 Å². The molecule has 4 N–H and O–H groups in total. The normalized spacial score (nSPS) is 18.6. The molecule has 8 nitrogen and oxygen atoms in total. The number of hydrogen-bond donors (Lipinski definition) is 3. The lowest BCUT2D eigenvalue weighted by molar-refractivity contribution is 0.0695. The molecule has 0 amide bonds. The first-order valence-corrected chi connectivity index (χ1v) is 6.81. The Kier molecular flexibility index (Phi) is 4.56. The molecule has 1 aromatic heterocycles. The zero-order valence-corrected chi connectivity index (χ0v) is 12.0. The number of rotatable bonds is 5. The van der Waals surface area contributed by atoms with Crippen molar-refractivity contribution in [1.82, 2.24) is 15.0 Å². The number of aliphatic hydroxyl groups is 1. The van der Waals surface area contributed by atoms with Crippen LogP contribution >= 0.6 is 0 Å². The molecule has 0 radical (unpaired) electrons. The molecule has 0 spiro atoms. The van der Waals surface area contributed by atoms with E-state index in [0.29, 0.717) is 38.1 Å². The highest BCUT2D eigenvalue weighted by molar-refractivity contribution is 5.42. The minimum atomic E-state index is -0.805. The van der Waals surface area contributed by atoms with Gasteiger partial charge in [0.2, 0.25) is 17.8 Å². The number of hydrogen-bond acceptors (Lipinski definition) is 8. The van der Waals surface area contributed by atoms with Crippen LogP contribution in [0, 0.1) is 0 Å². The maximum absolute atomic E-state index is 9.98. The van der Waals surface area contributed by atoms with Crippen LogP contribution in [0.5, 0.6) is 0 Å². The molecule has 2 rings (SSSR count). The van der Waals surface area contributed by atoms with Crippen molar-refractivity contribution in [1.29, 1.82) is 0 Å². The predicted octanol–water partition coefficient (Wildman–Crippen LogP) is -0.137. The Morgan fingerprint density at radius 1 is 1.35 bits per heavy atom. The van der Waals surface area contributed by atoms with Gasteiger partial charge in [0.1, 0.15) is 0 Å². The van der Waals surface area contributed by atoms with Crippen molar-refractivity contribution in [2.75, 3.05) is 48.8 Å². The predicted molar refractivity (Wildman–Crippen MR) is 76.7 cm³/mol. The van der Waals surface area contributed by atoms with E-state index in [9.17, 15) is 5.11 Å². The monoisotopic (exact) mass is 282 g/mol. The molecule has 8 heteroatoms. The van der Waals surface area contributed by atoms with Gasteiger partial charge >= 0.3 is 0 Å². The van der Waals surface area contributed by atoms with Crippen LogP contribution in [0.15, 0.2) is 0 Å². The van der Waals surface area contributed by atoms with Crippen molar-refractivity contribution >= 4 is 17.8 Å². The van der Waals surface area contributed by atoms with E-state index in [2.05, 4.69) is 20.3 Å². The Balaban J connectivity index is 2.08. The van der Waals surface area contributed by atoms with Crippen molar-refractivity contribution < 1.29 is 9.84 Å². The number of nitrogens with zero attached hydrogens (tertiary/aromatic N) is 4. The summed E-state index contributed by atoms with van der Waals surface area (Å²) in [6.45, 7) is 6.80. The number of nitrogen functional groups attached to an aromatic ring is 1. The lowest BCUT2D eigenvalue weighted by Gasteiger charge is -2.27. The third-order valence-corrected chi connectivity index (χ3v) is 3.32. The van der Waals surface area contributed by atoms with E-state index in [0.717, 1.165) is 13.1 Å². The maximum Gasteiger partial charge on any atom is 0.232 e. The highest BCUT2D eigenvalue weighted by Gasteiger charge is 2.19. The lowest BCUT2D eigenvalue weighted by atomic mass is 10.0. The van der Waals surface area contributed by atoms with Gasteiger partial charge in [-0.05, 0) is 13.3 Å². The molecule has 1 atom stereocenters. The van der Waals surface area contributed by atoms with E-state index in [1.165, 1.54) is 0 Å². The summed E-state index contributed by atoms with van der Waals surface area (Å²) in [6.07, 6.45) is 0.636. The van der Waals surface area contributed by atoms with Gasteiger partial charge in [-0.25, -0.2) is 0 Å². The van der Waals surface area contributed by atoms with Gasteiger partial charge < -0.3 is 25.8 Å². The van der Waals surface area contributed by atoms with E-state index in [1.54, 1.807) is 6.92 Å². The minimum Gasteiger partial charge on any atom is -0.388 e. The van der Waals surface area contributed by atoms with Gasteiger partial charge in [0.05, 0.1) is 18.8 Å². The number of morpholine rings is 1. The summed E-state index contributed by atoms with van der Waals surface area (Å²) in [5.41, 5.74) is 4.91. The van der Waals surface area contributed by atoms with Crippen molar-refractivity contribution in [3.63, 3.8) is 0 Å². The van der Waals surface area contributed by atoms with Crippen LogP contribution < -0.4 is 16.0 Å². The molecule has 1 aromatic rings. The molecule has 0 aliphatic carbocycles. The second-order valence-electron chi connectivity index (χ2n) is 5.12. The molecular weight excluding hydrogens is 260 g/mol. The van der Waals surface area contributed by atoms with E-state index in [1.807, 2.05) is 11.8 Å². The van der Waals surface area contributed by atoms with E-state index in [4.69, 9.17) is 10.5 Å². The third-order valence-electron chi connectivity index (χ3n) is 3.32. The van der Waals surface area contributed by atoms with Gasteiger partial charge in [-0.2, -0.15) is 15.0 Å². The Morgan fingerprint density at radius 3 is 2.70 bits per heavy atom. The van der Waals surface area contributed by atoms with E-state index >= 15 is 0 Å². The third kappa shape index (κ3) is 3.91. The highest BCUT2D eigenvalue weighted by Crippen LogP contribution is 2.15. The molecule has 1 saturated heterocycles.